The highest BCUT2D eigenvalue weighted by molar-refractivity contribution is 7.80. The third-order valence-electron chi connectivity index (χ3n) is 10.0. The van der Waals surface area contributed by atoms with E-state index in [1.54, 1.807) is 0 Å². The maximum Gasteiger partial charge on any atom is 0.421 e. The van der Waals surface area contributed by atoms with Gasteiger partial charge in [-0.1, -0.05) is 186 Å². The van der Waals surface area contributed by atoms with E-state index in [9.17, 15) is 0 Å². The van der Waals surface area contributed by atoms with Gasteiger partial charge in [0.2, 0.25) is 0 Å². The van der Waals surface area contributed by atoms with E-state index in [0.717, 1.165) is 42.7 Å². The molecule has 0 fully saturated rings. The first-order chi connectivity index (χ1) is 24.3. The van der Waals surface area contributed by atoms with E-state index in [4.69, 9.17) is 5.11 Å². The fourth-order valence-electron chi connectivity index (χ4n) is 6.83. The van der Waals surface area contributed by atoms with Crippen LogP contribution in [0.1, 0.15) is 194 Å². The van der Waals surface area contributed by atoms with Crippen molar-refractivity contribution < 1.29 is 4.57 Å². The molecule has 49 heavy (non-hydrogen) atoms. The third-order valence-corrected chi connectivity index (χ3v) is 10.2. The van der Waals surface area contributed by atoms with E-state index in [-0.39, 0.29) is 0 Å². The number of nitrogens with zero attached hydrogens (tertiary/aromatic N) is 4. The summed E-state index contributed by atoms with van der Waals surface area (Å²) in [6.45, 7) is 7.49. The lowest BCUT2D eigenvalue weighted by atomic mass is 10.0. The van der Waals surface area contributed by atoms with Crippen LogP contribution in [0.15, 0.2) is 46.9 Å². The zero-order chi connectivity index (χ0) is 34.9. The maximum absolute atomic E-state index is 4.82. The van der Waals surface area contributed by atoms with Gasteiger partial charge in [-0.2, -0.15) is 12.6 Å². The average molecular weight is 697 g/mol. The minimum Gasteiger partial charge on any atom is -0.384 e. The predicted octanol–water partition coefficient (Wildman–Crippen LogP) is 14.5. The molecule has 5 nitrogen and oxygen atoms in total. The Balaban J connectivity index is 1.70. The summed E-state index contributed by atoms with van der Waals surface area (Å²) >= 11 is 4.30. The number of hydrogen-bond acceptors (Lipinski definition) is 4. The van der Waals surface area contributed by atoms with Crippen LogP contribution in [0.4, 0.5) is 17.3 Å². The van der Waals surface area contributed by atoms with Gasteiger partial charge in [0.25, 0.3) is 0 Å². The normalized spacial score (nSPS) is 11.7. The van der Waals surface area contributed by atoms with Crippen molar-refractivity contribution in [3.8, 4) is 0 Å². The predicted molar refractivity (Wildman–Crippen MR) is 218 cm³/mol. The fraction of sp³-hybridized carbons (Fsp3) is 0.791. The van der Waals surface area contributed by atoms with Crippen molar-refractivity contribution in [2.24, 2.45) is 10.2 Å². The molecule has 0 radical (unpaired) electrons. The summed E-state index contributed by atoms with van der Waals surface area (Å²) in [5.74, 6) is 1.80. The number of aromatic nitrogens is 2. The molecule has 0 spiro atoms. The molecule has 6 heteroatoms. The summed E-state index contributed by atoms with van der Waals surface area (Å²) in [6, 6.07) is 8.24. The van der Waals surface area contributed by atoms with Gasteiger partial charge >= 0.3 is 5.95 Å². The van der Waals surface area contributed by atoms with Crippen molar-refractivity contribution in [1.29, 1.82) is 0 Å². The van der Waals surface area contributed by atoms with E-state index < -0.39 is 0 Å². The minimum absolute atomic E-state index is 0.817. The van der Waals surface area contributed by atoms with Gasteiger partial charge in [0.05, 0.1) is 25.5 Å². The number of aryl methyl sites for hydroxylation is 2. The van der Waals surface area contributed by atoms with E-state index in [1.165, 1.54) is 180 Å². The van der Waals surface area contributed by atoms with E-state index in [2.05, 4.69) is 70.6 Å². The molecule has 0 saturated carbocycles. The lowest BCUT2D eigenvalue weighted by Gasteiger charge is -2.04. The molecule has 0 saturated heterocycles. The molecule has 280 valence electrons. The molecule has 0 aliphatic rings. The second-order valence-electron chi connectivity index (χ2n) is 14.6. The molecule has 1 aromatic carbocycles. The highest BCUT2D eigenvalue weighted by atomic mass is 32.1. The Morgan fingerprint density at radius 3 is 1.43 bits per heavy atom. The average Bonchev–Trinajstić information content (AvgIpc) is 3.51. The first-order valence-corrected chi connectivity index (χ1v) is 21.9. The standard InChI is InChI=1S/C43H77N5S/c1-3-5-7-9-11-13-15-17-19-21-23-25-27-29-36-47-38-39-48(43(47)46-45-42-33-31-41(32-34-42)44-35-40-49)37-30-28-26-24-22-20-18-16-14-12-10-8-6-4-2/h31-34,38-39,49H,3-30,35-37,40H2,1-2H3/p+1. The van der Waals surface area contributed by atoms with Gasteiger partial charge in [-0.15, -0.1) is 0 Å². The van der Waals surface area contributed by atoms with Crippen molar-refractivity contribution in [1.82, 2.24) is 4.57 Å². The number of rotatable bonds is 35. The Bertz CT molecular complexity index is 968. The van der Waals surface area contributed by atoms with Gasteiger partial charge < -0.3 is 5.32 Å². The molecule has 0 aliphatic carbocycles. The quantitative estimate of drug-likeness (QED) is 0.0320. The Kier molecular flexibility index (Phi) is 28.4. The number of hydrogen-bond donors (Lipinski definition) is 2. The third kappa shape index (κ3) is 23.3. The number of nitrogens with one attached hydrogen (secondary N) is 1. The number of thiol groups is 1. The summed E-state index contributed by atoms with van der Waals surface area (Å²) in [6.07, 6.45) is 43.4. The second kappa shape index (κ2) is 32.1. The van der Waals surface area contributed by atoms with Crippen LogP contribution >= 0.6 is 12.6 Å². The first kappa shape index (κ1) is 43.3. The molecule has 1 aromatic heterocycles. The van der Waals surface area contributed by atoms with Gasteiger partial charge in [0.1, 0.15) is 5.69 Å². The molecule has 0 aliphatic heterocycles. The second-order valence-corrected chi connectivity index (χ2v) is 15.0. The summed E-state index contributed by atoms with van der Waals surface area (Å²) in [5, 5.41) is 12.9. The minimum atomic E-state index is 0.817. The summed E-state index contributed by atoms with van der Waals surface area (Å²) in [4.78, 5) is 0. The zero-order valence-corrected chi connectivity index (χ0v) is 33.2. The van der Waals surface area contributed by atoms with Crippen molar-refractivity contribution in [2.75, 3.05) is 17.6 Å². The maximum atomic E-state index is 4.82. The molecule has 0 unspecified atom stereocenters. The van der Waals surface area contributed by atoms with Crippen LogP contribution < -0.4 is 9.88 Å². The van der Waals surface area contributed by atoms with Crippen LogP contribution in [0.5, 0.6) is 0 Å². The largest absolute Gasteiger partial charge is 0.421 e. The van der Waals surface area contributed by atoms with Crippen molar-refractivity contribution in [2.45, 2.75) is 207 Å². The Morgan fingerprint density at radius 2 is 0.980 bits per heavy atom. The Morgan fingerprint density at radius 1 is 0.551 bits per heavy atom. The molecule has 1 heterocycles. The summed E-state index contributed by atoms with van der Waals surface area (Å²) < 4.78 is 4.66. The topological polar surface area (TPSA) is 45.6 Å². The lowest BCUT2D eigenvalue weighted by molar-refractivity contribution is -0.684. The molecule has 0 atom stereocenters. The van der Waals surface area contributed by atoms with Crippen LogP contribution in [-0.2, 0) is 13.1 Å². The van der Waals surface area contributed by atoms with E-state index in [1.807, 2.05) is 12.1 Å². The molecule has 2 aromatic rings. The Hall–Kier alpha value is -1.82. The van der Waals surface area contributed by atoms with Crippen LogP contribution in [-0.4, -0.2) is 16.9 Å². The van der Waals surface area contributed by atoms with E-state index >= 15 is 0 Å². The molecular weight excluding hydrogens is 619 g/mol. The number of azo groups is 1. The van der Waals surface area contributed by atoms with Gasteiger partial charge in [0.15, 0.2) is 0 Å². The van der Waals surface area contributed by atoms with Gasteiger partial charge in [0, 0.05) is 23.1 Å². The number of anilines is 1. The Labute approximate surface area is 309 Å². The summed E-state index contributed by atoms with van der Waals surface area (Å²) in [7, 11) is 0. The SMILES string of the molecule is CCCCCCCCCCCCCCCCn1cc[n+](CCCCCCCCCCCCCCCC)c1N=Nc1ccc(NCCS)cc1. The number of imidazole rings is 1. The fourth-order valence-corrected chi connectivity index (χ4v) is 6.94. The van der Waals surface area contributed by atoms with Gasteiger partial charge in [-0.25, -0.2) is 9.13 Å². The van der Waals surface area contributed by atoms with Crippen LogP contribution in [0.25, 0.3) is 0 Å². The van der Waals surface area contributed by atoms with Crippen molar-refractivity contribution in [3.63, 3.8) is 0 Å². The number of benzene rings is 1. The molecule has 1 N–H and O–H groups in total. The highest BCUT2D eigenvalue weighted by Gasteiger charge is 2.17. The monoisotopic (exact) mass is 697 g/mol. The van der Waals surface area contributed by atoms with Gasteiger partial charge in [-0.05, 0) is 37.1 Å². The molecular formula is C43H78N5S+. The van der Waals surface area contributed by atoms with E-state index in [0.29, 0.717) is 0 Å². The summed E-state index contributed by atoms with van der Waals surface area (Å²) in [5.41, 5.74) is 1.99. The molecule has 0 amide bonds. The molecule has 2 rings (SSSR count). The van der Waals surface area contributed by atoms with Crippen LogP contribution in [0, 0.1) is 0 Å². The number of unbranched alkanes of at least 4 members (excludes halogenated alkanes) is 26. The van der Waals surface area contributed by atoms with Crippen molar-refractivity contribution in [3.05, 3.63) is 36.7 Å². The van der Waals surface area contributed by atoms with Crippen LogP contribution in [0.2, 0.25) is 0 Å². The zero-order valence-electron chi connectivity index (χ0n) is 32.3. The van der Waals surface area contributed by atoms with Crippen molar-refractivity contribution >= 4 is 30.0 Å². The van der Waals surface area contributed by atoms with Gasteiger partial charge in [-0.3, -0.25) is 0 Å². The molecule has 0 bridgehead atoms. The lowest BCUT2D eigenvalue weighted by Crippen LogP contribution is -2.32. The van der Waals surface area contributed by atoms with Crippen LogP contribution in [0.3, 0.4) is 0 Å². The highest BCUT2D eigenvalue weighted by Crippen LogP contribution is 2.21. The smallest absolute Gasteiger partial charge is 0.384 e. The first-order valence-electron chi connectivity index (χ1n) is 21.2.